The summed E-state index contributed by atoms with van der Waals surface area (Å²) in [7, 11) is 0. The van der Waals surface area contributed by atoms with Crippen LogP contribution >= 0.6 is 0 Å². The zero-order chi connectivity index (χ0) is 19.1. The van der Waals surface area contributed by atoms with Gasteiger partial charge in [-0.05, 0) is 17.2 Å². The van der Waals surface area contributed by atoms with Crippen LogP contribution in [0.1, 0.15) is 23.9 Å². The van der Waals surface area contributed by atoms with Crippen molar-refractivity contribution >= 4 is 11.9 Å². The molecule has 0 atom stereocenters. The molecule has 1 saturated heterocycles. The standard InChI is InChI=1S/C20H26N6O2/c1-15(27)25-9-10-26-19(14-25)21-20(22-26)24-7-5-23(6-8-24)13-16-2-3-17-4-11-28-18(17)12-16/h2-3,12H,4-11,13-14H2,1H3. The highest BCUT2D eigenvalue weighted by Gasteiger charge is 2.25. The summed E-state index contributed by atoms with van der Waals surface area (Å²) in [5.74, 6) is 2.84. The first-order chi connectivity index (χ1) is 13.7. The molecule has 1 fully saturated rings. The van der Waals surface area contributed by atoms with Gasteiger partial charge in [-0.2, -0.15) is 4.98 Å². The van der Waals surface area contributed by atoms with Crippen molar-refractivity contribution < 1.29 is 9.53 Å². The molecule has 5 rings (SSSR count). The Hall–Kier alpha value is -2.61. The number of hydrogen-bond donors (Lipinski definition) is 0. The molecule has 0 N–H and O–H groups in total. The molecule has 4 heterocycles. The number of fused-ring (bicyclic) bond motifs is 2. The Morgan fingerprint density at radius 1 is 1.14 bits per heavy atom. The van der Waals surface area contributed by atoms with Crippen molar-refractivity contribution in [2.24, 2.45) is 0 Å². The van der Waals surface area contributed by atoms with Crippen LogP contribution in [-0.2, 0) is 30.8 Å². The largest absolute Gasteiger partial charge is 0.493 e. The van der Waals surface area contributed by atoms with E-state index >= 15 is 0 Å². The molecule has 0 saturated carbocycles. The van der Waals surface area contributed by atoms with E-state index in [1.54, 1.807) is 6.92 Å². The zero-order valence-corrected chi connectivity index (χ0v) is 16.3. The first-order valence-electron chi connectivity index (χ1n) is 10.1. The lowest BCUT2D eigenvalue weighted by molar-refractivity contribution is -0.130. The van der Waals surface area contributed by atoms with Crippen molar-refractivity contribution in [1.29, 1.82) is 0 Å². The maximum Gasteiger partial charge on any atom is 0.245 e. The van der Waals surface area contributed by atoms with E-state index in [1.807, 2.05) is 9.58 Å². The number of nitrogens with zero attached hydrogens (tertiary/aromatic N) is 6. The average Bonchev–Trinajstić information content (AvgIpc) is 3.34. The Morgan fingerprint density at radius 3 is 2.82 bits per heavy atom. The number of amides is 1. The molecule has 1 aromatic carbocycles. The molecule has 0 bridgehead atoms. The number of rotatable bonds is 3. The molecular weight excluding hydrogens is 356 g/mol. The van der Waals surface area contributed by atoms with Gasteiger partial charge in [-0.25, -0.2) is 4.68 Å². The monoisotopic (exact) mass is 382 g/mol. The molecular formula is C20H26N6O2. The Morgan fingerprint density at radius 2 is 2.00 bits per heavy atom. The van der Waals surface area contributed by atoms with Crippen LogP contribution in [0.3, 0.4) is 0 Å². The molecule has 0 aliphatic carbocycles. The van der Waals surface area contributed by atoms with Gasteiger partial charge in [0.2, 0.25) is 11.9 Å². The average molecular weight is 382 g/mol. The van der Waals surface area contributed by atoms with Crippen LogP contribution < -0.4 is 9.64 Å². The molecule has 0 radical (unpaired) electrons. The van der Waals surface area contributed by atoms with Gasteiger partial charge in [-0.15, -0.1) is 5.10 Å². The van der Waals surface area contributed by atoms with Gasteiger partial charge in [0, 0.05) is 52.6 Å². The van der Waals surface area contributed by atoms with E-state index in [1.165, 1.54) is 11.1 Å². The van der Waals surface area contributed by atoms with Gasteiger partial charge in [-0.3, -0.25) is 9.69 Å². The first kappa shape index (κ1) is 17.5. The summed E-state index contributed by atoms with van der Waals surface area (Å²) in [6.45, 7) is 9.17. The number of aromatic nitrogens is 3. The highest BCUT2D eigenvalue weighted by molar-refractivity contribution is 5.73. The Balaban J connectivity index is 1.19. The Kier molecular flexibility index (Phi) is 4.43. The summed E-state index contributed by atoms with van der Waals surface area (Å²) in [6.07, 6.45) is 1.03. The van der Waals surface area contributed by atoms with E-state index in [-0.39, 0.29) is 5.91 Å². The first-order valence-corrected chi connectivity index (χ1v) is 10.1. The lowest BCUT2D eigenvalue weighted by Gasteiger charge is -2.34. The summed E-state index contributed by atoms with van der Waals surface area (Å²) in [5.41, 5.74) is 2.64. The van der Waals surface area contributed by atoms with Gasteiger partial charge in [0.15, 0.2) is 0 Å². The van der Waals surface area contributed by atoms with E-state index in [0.29, 0.717) is 13.1 Å². The number of carbonyl (C=O) groups excluding carboxylic acids is 1. The Bertz CT molecular complexity index is 887. The molecule has 148 valence electrons. The normalized spacial score (nSPS) is 19.3. The van der Waals surface area contributed by atoms with Crippen LogP contribution in [0.4, 0.5) is 5.95 Å². The number of hydrogen-bond acceptors (Lipinski definition) is 6. The van der Waals surface area contributed by atoms with Gasteiger partial charge in [-0.1, -0.05) is 12.1 Å². The van der Waals surface area contributed by atoms with Crippen molar-refractivity contribution in [1.82, 2.24) is 24.6 Å². The molecule has 0 spiro atoms. The summed E-state index contributed by atoms with van der Waals surface area (Å²) >= 11 is 0. The van der Waals surface area contributed by atoms with Crippen molar-refractivity contribution in [3.05, 3.63) is 35.2 Å². The van der Waals surface area contributed by atoms with Gasteiger partial charge in [0.1, 0.15) is 11.6 Å². The molecule has 3 aliphatic heterocycles. The quantitative estimate of drug-likeness (QED) is 0.786. The summed E-state index contributed by atoms with van der Waals surface area (Å²) in [4.78, 5) is 22.9. The molecule has 1 amide bonds. The number of piperazine rings is 1. The fourth-order valence-electron chi connectivity index (χ4n) is 4.20. The van der Waals surface area contributed by atoms with Crippen LogP contribution in [0.15, 0.2) is 18.2 Å². The number of ether oxygens (including phenoxy) is 1. The molecule has 8 nitrogen and oxygen atoms in total. The van der Waals surface area contributed by atoms with E-state index in [2.05, 4.69) is 33.1 Å². The lowest BCUT2D eigenvalue weighted by atomic mass is 10.1. The maximum absolute atomic E-state index is 11.6. The Labute approximate surface area is 164 Å². The molecule has 8 heteroatoms. The molecule has 28 heavy (non-hydrogen) atoms. The lowest BCUT2D eigenvalue weighted by Crippen LogP contribution is -2.46. The summed E-state index contributed by atoms with van der Waals surface area (Å²) in [5, 5.41) is 4.68. The predicted octanol–water partition coefficient (Wildman–Crippen LogP) is 0.897. The van der Waals surface area contributed by atoms with Crippen LogP contribution in [0, 0.1) is 0 Å². The van der Waals surface area contributed by atoms with Gasteiger partial charge < -0.3 is 14.5 Å². The van der Waals surface area contributed by atoms with Gasteiger partial charge in [0.05, 0.1) is 19.7 Å². The number of carbonyl (C=O) groups is 1. The topological polar surface area (TPSA) is 66.7 Å². The van der Waals surface area contributed by atoms with Gasteiger partial charge >= 0.3 is 0 Å². The van der Waals surface area contributed by atoms with Crippen molar-refractivity contribution in [3.63, 3.8) is 0 Å². The van der Waals surface area contributed by atoms with Crippen LogP contribution in [0.5, 0.6) is 5.75 Å². The predicted molar refractivity (Wildman–Crippen MR) is 104 cm³/mol. The van der Waals surface area contributed by atoms with Gasteiger partial charge in [0.25, 0.3) is 0 Å². The van der Waals surface area contributed by atoms with Crippen LogP contribution in [-0.4, -0.2) is 69.8 Å². The highest BCUT2D eigenvalue weighted by Crippen LogP contribution is 2.27. The SMILES string of the molecule is CC(=O)N1CCn2nc(N3CCN(Cc4ccc5c(c4)OCC5)CC3)nc2C1. The smallest absolute Gasteiger partial charge is 0.245 e. The second kappa shape index (κ2) is 7.09. The van der Waals surface area contributed by atoms with E-state index in [4.69, 9.17) is 9.72 Å². The third-order valence-electron chi connectivity index (χ3n) is 5.92. The summed E-state index contributed by atoms with van der Waals surface area (Å²) < 4.78 is 7.65. The minimum Gasteiger partial charge on any atom is -0.493 e. The number of anilines is 1. The number of benzene rings is 1. The van der Waals surface area contributed by atoms with Crippen LogP contribution in [0.2, 0.25) is 0 Å². The molecule has 1 aromatic heterocycles. The second-order valence-electron chi connectivity index (χ2n) is 7.80. The highest BCUT2D eigenvalue weighted by atomic mass is 16.5. The summed E-state index contributed by atoms with van der Waals surface area (Å²) in [6, 6.07) is 6.63. The van der Waals surface area contributed by atoms with Crippen molar-refractivity contribution in [3.8, 4) is 5.75 Å². The van der Waals surface area contributed by atoms with Crippen molar-refractivity contribution in [2.75, 3.05) is 44.2 Å². The fraction of sp³-hybridized carbons (Fsp3) is 0.550. The zero-order valence-electron chi connectivity index (χ0n) is 16.3. The van der Waals surface area contributed by atoms with E-state index < -0.39 is 0 Å². The fourth-order valence-corrected chi connectivity index (χ4v) is 4.20. The third-order valence-corrected chi connectivity index (χ3v) is 5.92. The van der Waals surface area contributed by atoms with Crippen molar-refractivity contribution in [2.45, 2.75) is 33.0 Å². The molecule has 3 aliphatic rings. The minimum absolute atomic E-state index is 0.0985. The maximum atomic E-state index is 11.6. The molecule has 2 aromatic rings. The van der Waals surface area contributed by atoms with E-state index in [9.17, 15) is 4.79 Å². The third kappa shape index (κ3) is 3.32. The molecule has 0 unspecified atom stereocenters. The van der Waals surface area contributed by atoms with Crippen LogP contribution in [0.25, 0.3) is 0 Å². The second-order valence-corrected chi connectivity index (χ2v) is 7.80. The van der Waals surface area contributed by atoms with E-state index in [0.717, 1.165) is 69.8 Å². The minimum atomic E-state index is 0.0985.